The number of thioether (sulfide) groups is 1. The summed E-state index contributed by atoms with van der Waals surface area (Å²) in [5, 5.41) is 5.50. The third-order valence-corrected chi connectivity index (χ3v) is 7.23. The highest BCUT2D eigenvalue weighted by atomic mass is 127. The summed E-state index contributed by atoms with van der Waals surface area (Å²) < 4.78 is 0. The SMILES string of the molecule is CCSC1=NC2(CCCCC2)[NH2+]c2sc3c(c21)CCCC3.[I-]. The Labute approximate surface area is 159 Å². The van der Waals surface area contributed by atoms with Gasteiger partial charge in [0, 0.05) is 17.7 Å². The predicted molar refractivity (Wildman–Crippen MR) is 93.0 cm³/mol. The van der Waals surface area contributed by atoms with Crippen LogP contribution < -0.4 is 29.3 Å². The molecule has 22 heavy (non-hydrogen) atoms. The highest BCUT2D eigenvalue weighted by molar-refractivity contribution is 8.14. The molecule has 122 valence electrons. The number of thiophene rings is 1. The molecular weight excluding hydrogens is 423 g/mol. The number of fused-ring (bicyclic) bond motifs is 3. The van der Waals surface area contributed by atoms with Crippen molar-refractivity contribution < 1.29 is 29.3 Å². The first-order chi connectivity index (χ1) is 10.3. The van der Waals surface area contributed by atoms with Gasteiger partial charge in [-0.05, 0) is 49.8 Å². The van der Waals surface area contributed by atoms with Crippen LogP contribution >= 0.6 is 23.1 Å². The molecule has 1 aliphatic heterocycles. The zero-order valence-corrected chi connectivity index (χ0v) is 17.1. The molecule has 2 nitrogen and oxygen atoms in total. The van der Waals surface area contributed by atoms with E-state index in [1.807, 2.05) is 11.8 Å². The van der Waals surface area contributed by atoms with E-state index in [0.29, 0.717) is 0 Å². The molecule has 5 heteroatoms. The van der Waals surface area contributed by atoms with E-state index < -0.39 is 0 Å². The summed E-state index contributed by atoms with van der Waals surface area (Å²) in [5.41, 5.74) is 3.34. The molecule has 0 radical (unpaired) electrons. The largest absolute Gasteiger partial charge is 1.00 e. The number of aliphatic imine (C=N–C) groups is 1. The van der Waals surface area contributed by atoms with Gasteiger partial charge in [0.2, 0.25) is 0 Å². The van der Waals surface area contributed by atoms with E-state index in [9.17, 15) is 0 Å². The van der Waals surface area contributed by atoms with Crippen LogP contribution in [0.15, 0.2) is 4.99 Å². The van der Waals surface area contributed by atoms with Crippen molar-refractivity contribution in [1.29, 1.82) is 0 Å². The van der Waals surface area contributed by atoms with Gasteiger partial charge in [-0.15, -0.1) is 11.8 Å². The molecule has 1 saturated carbocycles. The Morgan fingerprint density at radius 1 is 1.14 bits per heavy atom. The monoisotopic (exact) mass is 448 g/mol. The molecule has 0 saturated heterocycles. The number of nitrogens with zero attached hydrogens (tertiary/aromatic N) is 1. The zero-order valence-electron chi connectivity index (χ0n) is 13.3. The molecule has 0 aromatic carbocycles. The molecule has 3 aliphatic rings. The Morgan fingerprint density at radius 2 is 1.91 bits per heavy atom. The number of hydrogen-bond donors (Lipinski definition) is 1. The Morgan fingerprint density at radius 3 is 2.68 bits per heavy atom. The minimum atomic E-state index is 0. The van der Waals surface area contributed by atoms with Crippen molar-refractivity contribution in [1.82, 2.24) is 0 Å². The van der Waals surface area contributed by atoms with Crippen LogP contribution in [0.25, 0.3) is 0 Å². The van der Waals surface area contributed by atoms with E-state index in [1.54, 1.807) is 15.4 Å². The lowest BCUT2D eigenvalue weighted by molar-refractivity contribution is -0.655. The smallest absolute Gasteiger partial charge is 0.197 e. The Hall–Kier alpha value is 0.410. The minimum Gasteiger partial charge on any atom is -1.00 e. The Kier molecular flexibility index (Phi) is 5.57. The van der Waals surface area contributed by atoms with Gasteiger partial charge in [-0.25, -0.2) is 4.99 Å². The van der Waals surface area contributed by atoms with Gasteiger partial charge in [0.1, 0.15) is 5.04 Å². The van der Waals surface area contributed by atoms with Crippen LogP contribution in [0.1, 0.15) is 67.9 Å². The second kappa shape index (κ2) is 7.11. The van der Waals surface area contributed by atoms with Crippen LogP contribution in [0.2, 0.25) is 0 Å². The Bertz CT molecular complexity index is 573. The molecule has 1 aromatic rings. The molecular formula is C17H25IN2S2. The highest BCUT2D eigenvalue weighted by Crippen LogP contribution is 2.42. The number of halogens is 1. The fourth-order valence-electron chi connectivity index (χ4n) is 4.12. The molecule has 0 unspecified atom stereocenters. The van der Waals surface area contributed by atoms with Crippen LogP contribution in [-0.2, 0) is 12.8 Å². The average molecular weight is 448 g/mol. The number of aryl methyl sites for hydroxylation is 1. The van der Waals surface area contributed by atoms with Crippen molar-refractivity contribution in [3.63, 3.8) is 0 Å². The van der Waals surface area contributed by atoms with Gasteiger partial charge in [0.25, 0.3) is 0 Å². The summed E-state index contributed by atoms with van der Waals surface area (Å²) in [5.74, 6) is 1.14. The number of quaternary nitrogens is 1. The summed E-state index contributed by atoms with van der Waals surface area (Å²) in [6, 6.07) is 0. The molecule has 0 amide bonds. The second-order valence-electron chi connectivity index (χ2n) is 6.61. The van der Waals surface area contributed by atoms with Crippen LogP contribution in [0.4, 0.5) is 5.00 Å². The van der Waals surface area contributed by atoms with Crippen LogP contribution in [-0.4, -0.2) is 16.5 Å². The van der Waals surface area contributed by atoms with Crippen LogP contribution in [0.3, 0.4) is 0 Å². The van der Waals surface area contributed by atoms with Gasteiger partial charge in [-0.3, -0.25) is 5.32 Å². The van der Waals surface area contributed by atoms with E-state index >= 15 is 0 Å². The van der Waals surface area contributed by atoms with Gasteiger partial charge in [-0.1, -0.05) is 24.7 Å². The molecule has 2 heterocycles. The molecule has 0 bridgehead atoms. The molecule has 4 rings (SSSR count). The fraction of sp³-hybridized carbons (Fsp3) is 0.706. The summed E-state index contributed by atoms with van der Waals surface area (Å²) in [6.07, 6.45) is 12.0. The number of rotatable bonds is 1. The summed E-state index contributed by atoms with van der Waals surface area (Å²) in [4.78, 5) is 6.98. The van der Waals surface area contributed by atoms with E-state index in [2.05, 4.69) is 23.6 Å². The molecule has 1 spiro atoms. The van der Waals surface area contributed by atoms with Gasteiger partial charge in [-0.2, -0.15) is 0 Å². The fourth-order valence-corrected chi connectivity index (χ4v) is 6.52. The van der Waals surface area contributed by atoms with Gasteiger partial charge in [0.15, 0.2) is 10.7 Å². The summed E-state index contributed by atoms with van der Waals surface area (Å²) in [6.45, 7) is 2.26. The zero-order chi connectivity index (χ0) is 14.3. The maximum atomic E-state index is 5.31. The first-order valence-electron chi connectivity index (χ1n) is 8.55. The molecule has 2 N–H and O–H groups in total. The number of nitrogens with two attached hydrogens (primary N) is 1. The van der Waals surface area contributed by atoms with Crippen molar-refractivity contribution >= 4 is 33.1 Å². The van der Waals surface area contributed by atoms with Crippen LogP contribution in [0.5, 0.6) is 0 Å². The quantitative estimate of drug-likeness (QED) is 0.639. The van der Waals surface area contributed by atoms with E-state index in [1.165, 1.54) is 68.4 Å². The van der Waals surface area contributed by atoms with Crippen molar-refractivity contribution in [3.8, 4) is 0 Å². The highest BCUT2D eigenvalue weighted by Gasteiger charge is 2.42. The van der Waals surface area contributed by atoms with Crippen LogP contribution in [0, 0.1) is 0 Å². The molecule has 1 fully saturated rings. The van der Waals surface area contributed by atoms with Gasteiger partial charge >= 0.3 is 0 Å². The van der Waals surface area contributed by atoms with E-state index in [0.717, 1.165) is 5.75 Å². The first kappa shape index (κ1) is 17.2. The van der Waals surface area contributed by atoms with Crippen molar-refractivity contribution in [2.24, 2.45) is 4.99 Å². The first-order valence-corrected chi connectivity index (χ1v) is 10.3. The Balaban J connectivity index is 0.00000144. The minimum absolute atomic E-state index is 0. The van der Waals surface area contributed by atoms with E-state index in [-0.39, 0.29) is 29.6 Å². The molecule has 0 atom stereocenters. The number of hydrogen-bond acceptors (Lipinski definition) is 3. The molecule has 1 aromatic heterocycles. The maximum absolute atomic E-state index is 5.31. The van der Waals surface area contributed by atoms with E-state index in [4.69, 9.17) is 4.99 Å². The third-order valence-electron chi connectivity index (χ3n) is 5.14. The van der Waals surface area contributed by atoms with Crippen molar-refractivity contribution in [3.05, 3.63) is 16.0 Å². The lowest BCUT2D eigenvalue weighted by Crippen LogP contribution is -3.00. The lowest BCUT2D eigenvalue weighted by atomic mass is 9.88. The maximum Gasteiger partial charge on any atom is 0.197 e. The molecule has 2 aliphatic carbocycles. The second-order valence-corrected chi connectivity index (χ2v) is 9.00. The predicted octanol–water partition coefficient (Wildman–Crippen LogP) is 1.000. The lowest BCUT2D eigenvalue weighted by Gasteiger charge is -2.34. The average Bonchev–Trinajstić information content (AvgIpc) is 2.86. The summed E-state index contributed by atoms with van der Waals surface area (Å²) in [7, 11) is 0. The normalized spacial score (nSPS) is 22.5. The van der Waals surface area contributed by atoms with Gasteiger partial charge in [0.05, 0.1) is 5.56 Å². The third kappa shape index (κ3) is 3.03. The van der Waals surface area contributed by atoms with Crippen molar-refractivity contribution in [2.75, 3.05) is 5.75 Å². The standard InChI is InChI=1S/C17H24N2S2.HI/c1-2-20-15-14-12-8-4-5-9-13(12)21-16(14)19-17(18-15)10-6-3-7-11-17;/h19H,2-11H2,1H3;1H. The summed E-state index contributed by atoms with van der Waals surface area (Å²) >= 11 is 4.06. The topological polar surface area (TPSA) is 29.0 Å². The van der Waals surface area contributed by atoms with Gasteiger partial charge < -0.3 is 24.0 Å². The van der Waals surface area contributed by atoms with Crippen molar-refractivity contribution in [2.45, 2.75) is 70.4 Å².